The number of ether oxygens (including phenoxy) is 4. The summed E-state index contributed by atoms with van der Waals surface area (Å²) in [6.45, 7) is 4.68. The van der Waals surface area contributed by atoms with Gasteiger partial charge in [-0.05, 0) is 89.9 Å². The number of carbonyl (C=O) groups is 3. The van der Waals surface area contributed by atoms with E-state index >= 15 is 0 Å². The molecule has 0 N–H and O–H groups in total. The van der Waals surface area contributed by atoms with Crippen molar-refractivity contribution in [3.05, 3.63) is 122 Å². The number of carbonyl (C=O) groups excluding carboxylic acids is 3. The van der Waals surface area contributed by atoms with Crippen molar-refractivity contribution in [3.63, 3.8) is 0 Å². The fraction of sp³-hybridized carbons (Fsp3) is 0.747. The number of aliphatic carboxylic acids is 1. The lowest BCUT2D eigenvalue weighted by Crippen LogP contribution is -2.44. The van der Waals surface area contributed by atoms with Gasteiger partial charge in [0.2, 0.25) is 0 Å². The number of esters is 2. The molecule has 0 radical (unpaired) electrons. The summed E-state index contributed by atoms with van der Waals surface area (Å²) in [5, 5.41) is 11.9. The Morgan fingerprint density at radius 3 is 0.850 bits per heavy atom. The van der Waals surface area contributed by atoms with Gasteiger partial charge < -0.3 is 33.3 Å². The molecule has 0 saturated carbocycles. The Labute approximate surface area is 618 Å². The molecule has 0 saturated heterocycles. The third-order valence-corrected chi connectivity index (χ3v) is 18.5. The summed E-state index contributed by atoms with van der Waals surface area (Å²) in [6.07, 6.45) is 112. The van der Waals surface area contributed by atoms with Crippen LogP contribution in [0.5, 0.6) is 0 Å². The summed E-state index contributed by atoms with van der Waals surface area (Å²) < 4.78 is 22.9. The van der Waals surface area contributed by atoms with Crippen molar-refractivity contribution < 1.29 is 42.9 Å². The number of rotatable bonds is 78. The summed E-state index contributed by atoms with van der Waals surface area (Å²) >= 11 is 0. The summed E-state index contributed by atoms with van der Waals surface area (Å²) in [6, 6.07) is 0. The van der Waals surface area contributed by atoms with Crippen molar-refractivity contribution in [2.75, 3.05) is 47.5 Å². The van der Waals surface area contributed by atoms with Gasteiger partial charge in [-0.1, -0.05) is 399 Å². The third kappa shape index (κ3) is 81.0. The Hall–Kier alpha value is -4.31. The second kappa shape index (κ2) is 80.4. The molecule has 0 aromatic heterocycles. The van der Waals surface area contributed by atoms with Crippen LogP contribution in [0.15, 0.2) is 122 Å². The van der Waals surface area contributed by atoms with Crippen LogP contribution >= 0.6 is 0 Å². The lowest BCUT2D eigenvalue weighted by Gasteiger charge is -2.26. The van der Waals surface area contributed by atoms with Crippen molar-refractivity contribution in [2.24, 2.45) is 0 Å². The third-order valence-electron chi connectivity index (χ3n) is 18.5. The van der Waals surface area contributed by atoms with Gasteiger partial charge in [-0.3, -0.25) is 9.59 Å². The standard InChI is InChI=1S/C91H159NO8/c1-6-8-10-12-14-16-18-20-22-24-26-28-30-32-34-36-38-40-42-43-44-45-46-47-48-50-52-54-56-58-60-62-64-66-68-70-72-74-76-78-80-82-89(94)100-87(86-99-91(90(95)96)97-84-83-92(3,4)5)85-98-88(93)81-79-77-75-73-71-69-67-65-63-61-59-57-55-53-51-49-41-39-37-35-33-31-29-27-25-23-21-19-17-15-13-11-9-7-2/h8,10,14,16,20,22,26,28,32,34,38,40,43-44,46-47,50,52,56,58,87,91H,6-7,9,11-13,15,17-19,21,23-25,27,29-31,33,35-37,39,41-42,45,48-49,51,53-55,57,59-86H2,1-5H3/b10-8-,16-14-,22-20-,28-26-,34-32-,40-38-,44-43-,47-46-,52-50-,58-56-. The van der Waals surface area contributed by atoms with Crippen LogP contribution in [0.1, 0.15) is 380 Å². The summed E-state index contributed by atoms with van der Waals surface area (Å²) in [5.41, 5.74) is 0. The first-order valence-electron chi connectivity index (χ1n) is 42.2. The SMILES string of the molecule is CC/C=C\C/C=C\C/C=C\C/C=C\C/C=C\C/C=C\C/C=C\C/C=C\C/C=C\C/C=C\CCCCCCCCCCCCC(=O)OC(COC(=O)CCCCCCCCCCCCCCCCCCCCCCCCCCCCCCCCCCCC)COC(OCC[N+](C)(C)C)C(=O)[O-]. The number of unbranched alkanes of at least 4 members (excludes halogenated alkanes) is 43. The highest BCUT2D eigenvalue weighted by atomic mass is 16.7. The van der Waals surface area contributed by atoms with Crippen molar-refractivity contribution in [3.8, 4) is 0 Å². The monoisotopic (exact) mass is 1390 g/mol. The quantitative estimate of drug-likeness (QED) is 0.0195. The van der Waals surface area contributed by atoms with Crippen LogP contribution in [0.4, 0.5) is 0 Å². The first kappa shape index (κ1) is 95.7. The predicted molar refractivity (Wildman–Crippen MR) is 430 cm³/mol. The number of hydrogen-bond acceptors (Lipinski definition) is 8. The number of carboxylic acids is 1. The lowest BCUT2D eigenvalue weighted by molar-refractivity contribution is -0.870. The van der Waals surface area contributed by atoms with E-state index in [9.17, 15) is 19.5 Å². The fourth-order valence-electron chi connectivity index (χ4n) is 12.1. The Kier molecular flexibility index (Phi) is 76.9. The lowest BCUT2D eigenvalue weighted by atomic mass is 10.0. The number of hydrogen-bond donors (Lipinski definition) is 0. The molecular weight excluding hydrogens is 1230 g/mol. The number of likely N-dealkylation sites (N-methyl/N-ethyl adjacent to an activating group) is 1. The highest BCUT2D eigenvalue weighted by molar-refractivity contribution is 5.70. The van der Waals surface area contributed by atoms with E-state index in [-0.39, 0.29) is 32.2 Å². The zero-order chi connectivity index (χ0) is 72.5. The fourth-order valence-corrected chi connectivity index (χ4v) is 12.1. The Morgan fingerprint density at radius 1 is 0.310 bits per heavy atom. The van der Waals surface area contributed by atoms with Gasteiger partial charge in [0.1, 0.15) is 13.2 Å². The molecule has 0 aliphatic heterocycles. The van der Waals surface area contributed by atoms with E-state index in [1.54, 1.807) is 0 Å². The van der Waals surface area contributed by atoms with Crippen LogP contribution in [0.25, 0.3) is 0 Å². The molecule has 0 aliphatic carbocycles. The summed E-state index contributed by atoms with van der Waals surface area (Å²) in [4.78, 5) is 37.6. The average molecular weight is 1400 g/mol. The number of allylic oxidation sites excluding steroid dienone is 20. The van der Waals surface area contributed by atoms with Gasteiger partial charge in [0, 0.05) is 12.8 Å². The molecule has 0 fully saturated rings. The van der Waals surface area contributed by atoms with Gasteiger partial charge >= 0.3 is 11.9 Å². The number of nitrogens with zero attached hydrogens (tertiary/aromatic N) is 1. The second-order valence-electron chi connectivity index (χ2n) is 29.4. The Bertz CT molecular complexity index is 2070. The smallest absolute Gasteiger partial charge is 0.306 e. The molecule has 0 aromatic rings. The van der Waals surface area contributed by atoms with E-state index in [2.05, 4.69) is 135 Å². The Morgan fingerprint density at radius 2 is 0.570 bits per heavy atom. The van der Waals surface area contributed by atoms with E-state index in [0.717, 1.165) is 109 Å². The van der Waals surface area contributed by atoms with Crippen molar-refractivity contribution in [2.45, 2.75) is 392 Å². The van der Waals surface area contributed by atoms with E-state index in [1.807, 2.05) is 21.1 Å². The molecule has 0 heterocycles. The van der Waals surface area contributed by atoms with Gasteiger partial charge in [0.15, 0.2) is 12.4 Å². The van der Waals surface area contributed by atoms with Gasteiger partial charge in [-0.15, -0.1) is 0 Å². The van der Waals surface area contributed by atoms with Crippen molar-refractivity contribution in [1.82, 2.24) is 0 Å². The first-order valence-corrected chi connectivity index (χ1v) is 42.2. The minimum Gasteiger partial charge on any atom is -0.545 e. The zero-order valence-electron chi connectivity index (χ0n) is 66.0. The molecule has 0 bridgehead atoms. The summed E-state index contributed by atoms with van der Waals surface area (Å²) in [5.74, 6) is -2.28. The normalized spacial score (nSPS) is 13.2. The number of quaternary nitrogens is 1. The van der Waals surface area contributed by atoms with Gasteiger partial charge in [-0.2, -0.15) is 0 Å². The van der Waals surface area contributed by atoms with Crippen LogP contribution in [0.2, 0.25) is 0 Å². The first-order chi connectivity index (χ1) is 49.1. The molecule has 576 valence electrons. The van der Waals surface area contributed by atoms with E-state index in [4.69, 9.17) is 18.9 Å². The van der Waals surface area contributed by atoms with Crippen LogP contribution in [-0.4, -0.2) is 82.3 Å². The second-order valence-corrected chi connectivity index (χ2v) is 29.4. The van der Waals surface area contributed by atoms with Crippen LogP contribution in [0.3, 0.4) is 0 Å². The topological polar surface area (TPSA) is 111 Å². The largest absolute Gasteiger partial charge is 0.545 e. The maximum Gasteiger partial charge on any atom is 0.306 e. The van der Waals surface area contributed by atoms with Crippen LogP contribution in [-0.2, 0) is 33.3 Å². The molecule has 0 rings (SSSR count). The molecule has 0 aliphatic rings. The highest BCUT2D eigenvalue weighted by Crippen LogP contribution is 2.19. The molecule has 0 aromatic carbocycles. The predicted octanol–water partition coefficient (Wildman–Crippen LogP) is 26.1. The van der Waals surface area contributed by atoms with Crippen molar-refractivity contribution in [1.29, 1.82) is 0 Å². The zero-order valence-corrected chi connectivity index (χ0v) is 66.0. The molecule has 2 atom stereocenters. The molecule has 0 amide bonds. The molecule has 2 unspecified atom stereocenters. The maximum atomic E-state index is 13.0. The van der Waals surface area contributed by atoms with Gasteiger partial charge in [0.05, 0.1) is 40.3 Å². The average Bonchev–Trinajstić information content (AvgIpc) is 1.08. The number of carboxylic acid groups (broad SMARTS) is 1. The highest BCUT2D eigenvalue weighted by Gasteiger charge is 2.22. The molecular formula is C91H159NO8. The molecule has 9 heteroatoms. The minimum absolute atomic E-state index is 0.144. The van der Waals surface area contributed by atoms with E-state index in [1.165, 1.54) is 238 Å². The van der Waals surface area contributed by atoms with Gasteiger partial charge in [-0.25, -0.2) is 0 Å². The van der Waals surface area contributed by atoms with Gasteiger partial charge in [0.25, 0.3) is 0 Å². The Balaban J connectivity index is 4.04. The molecule has 0 spiro atoms. The maximum absolute atomic E-state index is 13.0. The minimum atomic E-state index is -1.63. The van der Waals surface area contributed by atoms with E-state index in [0.29, 0.717) is 23.9 Å². The van der Waals surface area contributed by atoms with Crippen molar-refractivity contribution >= 4 is 17.9 Å². The van der Waals surface area contributed by atoms with E-state index < -0.39 is 24.3 Å². The molecule has 100 heavy (non-hydrogen) atoms. The summed E-state index contributed by atoms with van der Waals surface area (Å²) in [7, 11) is 5.94. The molecule has 9 nitrogen and oxygen atoms in total. The van der Waals surface area contributed by atoms with Crippen LogP contribution < -0.4 is 5.11 Å². The van der Waals surface area contributed by atoms with Crippen LogP contribution in [0, 0.1) is 0 Å².